The van der Waals surface area contributed by atoms with Gasteiger partial charge in [-0.2, -0.15) is 0 Å². The zero-order valence-electron chi connectivity index (χ0n) is 16.2. The van der Waals surface area contributed by atoms with Gasteiger partial charge >= 0.3 is 0 Å². The lowest BCUT2D eigenvalue weighted by molar-refractivity contribution is -0.140. The molecule has 0 aromatic carbocycles. The smallest absolute Gasteiger partial charge is 0.246 e. The van der Waals surface area contributed by atoms with Crippen LogP contribution in [0.5, 0.6) is 0 Å². The van der Waals surface area contributed by atoms with Crippen molar-refractivity contribution in [3.05, 3.63) is 24.0 Å². The largest absolute Gasteiger partial charge is 0.372 e. The average Bonchev–Trinajstić information content (AvgIpc) is 3.24. The van der Waals surface area contributed by atoms with Crippen molar-refractivity contribution in [1.29, 1.82) is 0 Å². The van der Waals surface area contributed by atoms with Crippen LogP contribution in [0.15, 0.2) is 18.3 Å². The molecule has 1 aromatic heterocycles. The van der Waals surface area contributed by atoms with E-state index in [2.05, 4.69) is 15.6 Å². The van der Waals surface area contributed by atoms with Gasteiger partial charge in [0.25, 0.3) is 0 Å². The van der Waals surface area contributed by atoms with Crippen molar-refractivity contribution in [2.45, 2.75) is 71.5 Å². The number of amides is 2. The van der Waals surface area contributed by atoms with E-state index in [4.69, 9.17) is 0 Å². The number of hydrogen-bond acceptors (Lipinski definition) is 4. The predicted octanol–water partition coefficient (Wildman–Crippen LogP) is 2.49. The van der Waals surface area contributed by atoms with Crippen LogP contribution in [0.2, 0.25) is 0 Å². The molecule has 1 saturated carbocycles. The van der Waals surface area contributed by atoms with Crippen LogP contribution in [0, 0.1) is 12.3 Å². The summed E-state index contributed by atoms with van der Waals surface area (Å²) in [6, 6.07) is 3.42. The van der Waals surface area contributed by atoms with Gasteiger partial charge in [0.2, 0.25) is 11.8 Å². The lowest BCUT2D eigenvalue weighted by Gasteiger charge is -2.36. The Morgan fingerprint density at radius 1 is 1.23 bits per heavy atom. The number of hydrogen-bond donors (Lipinski definition) is 2. The Morgan fingerprint density at radius 3 is 2.54 bits per heavy atom. The molecule has 0 radical (unpaired) electrons. The number of aromatic nitrogens is 1. The normalized spacial score (nSPS) is 21.4. The molecule has 1 aliphatic heterocycles. The van der Waals surface area contributed by atoms with Crippen molar-refractivity contribution < 1.29 is 9.59 Å². The second-order valence-electron chi connectivity index (χ2n) is 8.60. The Hall–Kier alpha value is -2.11. The van der Waals surface area contributed by atoms with Crippen molar-refractivity contribution in [2.24, 2.45) is 5.41 Å². The zero-order chi connectivity index (χ0) is 18.9. The standard InChI is InChI=1S/C20H30N4O2/c1-13-7-8-15(12-21-13)22-17(20(2,3)4)19(26)24-11-5-6-16(24)18(25)23-14-9-10-14/h7-8,12,14,16-17,22H,5-6,9-11H2,1-4H3,(H,23,25)/t16-,17?/m0/s1. The first-order valence-electron chi connectivity index (χ1n) is 9.56. The summed E-state index contributed by atoms with van der Waals surface area (Å²) >= 11 is 0. The molecule has 1 saturated heterocycles. The van der Waals surface area contributed by atoms with Gasteiger partial charge in [0.05, 0.1) is 11.9 Å². The summed E-state index contributed by atoms with van der Waals surface area (Å²) in [5, 5.41) is 6.40. The second kappa shape index (κ2) is 7.25. The Balaban J connectivity index is 1.75. The van der Waals surface area contributed by atoms with Crippen LogP contribution in [-0.2, 0) is 9.59 Å². The Kier molecular flexibility index (Phi) is 5.21. The molecule has 2 heterocycles. The highest BCUT2D eigenvalue weighted by molar-refractivity contribution is 5.92. The van der Waals surface area contributed by atoms with Gasteiger partial charge in [0.1, 0.15) is 12.1 Å². The maximum atomic E-state index is 13.3. The van der Waals surface area contributed by atoms with E-state index >= 15 is 0 Å². The fourth-order valence-electron chi connectivity index (χ4n) is 3.36. The summed E-state index contributed by atoms with van der Waals surface area (Å²) in [5.74, 6) is -0.00506. The third kappa shape index (κ3) is 4.34. The Bertz CT molecular complexity index is 661. The van der Waals surface area contributed by atoms with Crippen LogP contribution in [0.4, 0.5) is 5.69 Å². The van der Waals surface area contributed by atoms with Gasteiger partial charge in [0, 0.05) is 18.3 Å². The average molecular weight is 358 g/mol. The zero-order valence-corrected chi connectivity index (χ0v) is 16.2. The number of carbonyl (C=O) groups is 2. The van der Waals surface area contributed by atoms with E-state index in [1.165, 1.54) is 0 Å². The fraction of sp³-hybridized carbons (Fsp3) is 0.650. The van der Waals surface area contributed by atoms with Crippen LogP contribution in [0.1, 0.15) is 52.1 Å². The second-order valence-corrected chi connectivity index (χ2v) is 8.60. The van der Waals surface area contributed by atoms with Crippen LogP contribution in [-0.4, -0.2) is 46.4 Å². The van der Waals surface area contributed by atoms with Gasteiger partial charge in [-0.1, -0.05) is 20.8 Å². The Morgan fingerprint density at radius 2 is 1.96 bits per heavy atom. The van der Waals surface area contributed by atoms with Crippen LogP contribution in [0.3, 0.4) is 0 Å². The van der Waals surface area contributed by atoms with Gasteiger partial charge in [-0.15, -0.1) is 0 Å². The lowest BCUT2D eigenvalue weighted by atomic mass is 9.85. The fourth-order valence-corrected chi connectivity index (χ4v) is 3.36. The number of rotatable bonds is 5. The third-order valence-corrected chi connectivity index (χ3v) is 5.10. The number of nitrogens with zero attached hydrogens (tertiary/aromatic N) is 2. The van der Waals surface area contributed by atoms with Crippen LogP contribution >= 0.6 is 0 Å². The summed E-state index contributed by atoms with van der Waals surface area (Å²) in [7, 11) is 0. The topological polar surface area (TPSA) is 74.3 Å². The summed E-state index contributed by atoms with van der Waals surface area (Å²) < 4.78 is 0. The van der Waals surface area contributed by atoms with E-state index in [9.17, 15) is 9.59 Å². The van der Waals surface area contributed by atoms with Crippen molar-refractivity contribution in [3.63, 3.8) is 0 Å². The minimum Gasteiger partial charge on any atom is -0.372 e. The molecule has 142 valence electrons. The van der Waals surface area contributed by atoms with Gasteiger partial charge in [-0.05, 0) is 50.2 Å². The van der Waals surface area contributed by atoms with E-state index in [1.54, 1.807) is 11.1 Å². The highest BCUT2D eigenvalue weighted by Crippen LogP contribution is 2.29. The van der Waals surface area contributed by atoms with E-state index in [-0.39, 0.29) is 23.3 Å². The molecule has 6 nitrogen and oxygen atoms in total. The van der Waals surface area contributed by atoms with E-state index < -0.39 is 6.04 Å². The number of anilines is 1. The lowest BCUT2D eigenvalue weighted by Crippen LogP contribution is -2.54. The van der Waals surface area contributed by atoms with Crippen LogP contribution in [0.25, 0.3) is 0 Å². The molecule has 1 aliphatic carbocycles. The summed E-state index contributed by atoms with van der Waals surface area (Å²) in [4.78, 5) is 32.0. The molecule has 2 atom stereocenters. The molecule has 0 bridgehead atoms. The van der Waals surface area contributed by atoms with Crippen molar-refractivity contribution >= 4 is 17.5 Å². The minimum atomic E-state index is -0.415. The summed E-state index contributed by atoms with van der Waals surface area (Å²) in [5.41, 5.74) is 1.47. The highest BCUT2D eigenvalue weighted by atomic mass is 16.2. The predicted molar refractivity (Wildman–Crippen MR) is 102 cm³/mol. The molecule has 26 heavy (non-hydrogen) atoms. The van der Waals surface area contributed by atoms with Gasteiger partial charge in [-0.25, -0.2) is 0 Å². The van der Waals surface area contributed by atoms with Crippen molar-refractivity contribution in [3.8, 4) is 0 Å². The number of likely N-dealkylation sites (tertiary alicyclic amines) is 1. The number of pyridine rings is 1. The first kappa shape index (κ1) is 18.7. The molecule has 6 heteroatoms. The summed E-state index contributed by atoms with van der Waals surface area (Å²) in [6.45, 7) is 8.70. The molecule has 2 fully saturated rings. The van der Waals surface area contributed by atoms with E-state index in [1.807, 2.05) is 39.8 Å². The number of carbonyl (C=O) groups excluding carboxylic acids is 2. The molecule has 0 spiro atoms. The van der Waals surface area contributed by atoms with Crippen molar-refractivity contribution in [1.82, 2.24) is 15.2 Å². The molecule has 2 N–H and O–H groups in total. The molecule has 1 unspecified atom stereocenters. The maximum absolute atomic E-state index is 13.3. The number of nitrogens with one attached hydrogen (secondary N) is 2. The van der Waals surface area contributed by atoms with Gasteiger partial charge < -0.3 is 15.5 Å². The highest BCUT2D eigenvalue weighted by Gasteiger charge is 2.42. The number of aryl methyl sites for hydroxylation is 1. The van der Waals surface area contributed by atoms with Gasteiger partial charge in [0.15, 0.2) is 0 Å². The minimum absolute atomic E-state index is 0.00279. The maximum Gasteiger partial charge on any atom is 0.246 e. The van der Waals surface area contributed by atoms with Gasteiger partial charge in [-0.3, -0.25) is 14.6 Å². The molecule has 1 aromatic rings. The molecular weight excluding hydrogens is 328 g/mol. The first-order chi connectivity index (χ1) is 12.3. The SMILES string of the molecule is Cc1ccc(NC(C(=O)N2CCC[C@H]2C(=O)NC2CC2)C(C)(C)C)cn1. The first-order valence-corrected chi connectivity index (χ1v) is 9.56. The van der Waals surface area contributed by atoms with E-state index in [0.29, 0.717) is 12.6 Å². The van der Waals surface area contributed by atoms with Crippen molar-refractivity contribution in [2.75, 3.05) is 11.9 Å². The quantitative estimate of drug-likeness (QED) is 0.848. The molecule has 2 amide bonds. The van der Waals surface area contributed by atoms with E-state index in [0.717, 1.165) is 37.1 Å². The molecule has 2 aliphatic rings. The monoisotopic (exact) mass is 358 g/mol. The molecule has 3 rings (SSSR count). The molecular formula is C20H30N4O2. The third-order valence-electron chi connectivity index (χ3n) is 5.10. The summed E-state index contributed by atoms with van der Waals surface area (Å²) in [6.07, 6.45) is 5.48. The van der Waals surface area contributed by atoms with Crippen LogP contribution < -0.4 is 10.6 Å². The Labute approximate surface area is 155 Å².